The average Bonchev–Trinajstić information content (AvgIpc) is 3.17. The number of ether oxygens (including phenoxy) is 2. The summed E-state index contributed by atoms with van der Waals surface area (Å²) in [7, 11) is -17.4. The molecule has 6 aromatic carbocycles. The molecule has 0 atom stereocenters. The fourth-order valence-electron chi connectivity index (χ4n) is 6.01. The Morgan fingerprint density at radius 1 is 0.562 bits per heavy atom. The summed E-state index contributed by atoms with van der Waals surface area (Å²) in [5.74, 6) is 0.309. The quantitative estimate of drug-likeness (QED) is 0.0766. The van der Waals surface area contributed by atoms with Crippen LogP contribution in [0.1, 0.15) is 11.1 Å². The topological polar surface area (TPSA) is 332 Å². The van der Waals surface area contributed by atoms with Crippen LogP contribution in [-0.4, -0.2) is 72.1 Å². The van der Waals surface area contributed by atoms with Crippen LogP contribution in [-0.2, 0) is 40.5 Å². The van der Waals surface area contributed by atoms with Crippen LogP contribution in [0.15, 0.2) is 125 Å². The average molecular weight is 957 g/mol. The Hall–Kier alpha value is -4.85. The molecule has 0 aliphatic carbocycles. The minimum atomic E-state index is -5.19. The summed E-state index contributed by atoms with van der Waals surface area (Å²) in [6, 6.07) is 16.1. The minimum absolute atomic E-state index is 0. The van der Waals surface area contributed by atoms with Gasteiger partial charge in [-0.2, -0.15) is 37.3 Å². The van der Waals surface area contributed by atoms with Crippen LogP contribution in [0.5, 0.6) is 11.5 Å². The summed E-state index contributed by atoms with van der Waals surface area (Å²) in [5, 5.41) is 21.7. The van der Waals surface area contributed by atoms with E-state index in [1.165, 1.54) is 74.9 Å². The molecule has 2 amide bonds. The summed E-state index contributed by atoms with van der Waals surface area (Å²) >= 11 is 0. The first-order valence-corrected chi connectivity index (χ1v) is 22.9. The van der Waals surface area contributed by atoms with Gasteiger partial charge < -0.3 is 29.2 Å². The summed E-state index contributed by atoms with van der Waals surface area (Å²) in [4.78, 5) is 9.92. The Morgan fingerprint density at radius 3 is 1.23 bits per heavy atom. The van der Waals surface area contributed by atoms with Gasteiger partial charge in [0, 0.05) is 22.9 Å². The minimum Gasteiger partial charge on any atom is -0.744 e. The number of methoxy groups -OCH3 is 2. The molecule has 64 heavy (non-hydrogen) atoms. The van der Waals surface area contributed by atoms with Crippen molar-refractivity contribution >= 4 is 102 Å². The Morgan fingerprint density at radius 2 is 0.922 bits per heavy atom. The molecule has 6 rings (SSSR count). The van der Waals surface area contributed by atoms with Crippen molar-refractivity contribution in [1.29, 1.82) is 0 Å². The molecule has 0 radical (unpaired) electrons. The van der Waals surface area contributed by atoms with Crippen molar-refractivity contribution < 1.29 is 115 Å². The fraction of sp³-hybridized carbons (Fsp3) is 0.108. The van der Waals surface area contributed by atoms with Crippen molar-refractivity contribution in [1.82, 2.24) is 0 Å². The van der Waals surface area contributed by atoms with Gasteiger partial charge in [-0.15, -0.1) is 0 Å². The molecule has 0 spiro atoms. The van der Waals surface area contributed by atoms with Crippen LogP contribution in [0.3, 0.4) is 0 Å². The van der Waals surface area contributed by atoms with Crippen molar-refractivity contribution in [2.45, 2.75) is 33.4 Å². The number of nitrogens with one attached hydrogen (secondary N) is 2. The molecule has 0 fully saturated rings. The number of hydrogen-bond acceptors (Lipinski definition) is 17. The number of amides is 2. The predicted molar refractivity (Wildman–Crippen MR) is 220 cm³/mol. The standard InChI is InChI=1S/C37H32N6O15S4.Li.Na/c1-19-9-31(33(57-3)17-29(19)42-40-23-7-5-21-11-25(59(45,46)47)15-35(27(21)13-23)61(51,52)53)38-37(44)39-32-10-20(2)30(18-34(32)58-4)43-41-24-8-6-22-12-26(60(48,49)50)16-36(28(22)14-24)62(54,55)56;;/h5-18H,1-4H3,(H2,38,39,44)(H,45,46,47)(H,48,49,50)(H,51,52,53)(H,54,55,56);;/q;2*+1/p-2. The monoisotopic (exact) mass is 956 g/mol. The van der Waals surface area contributed by atoms with E-state index in [0.29, 0.717) is 23.3 Å². The largest absolute Gasteiger partial charge is 1.00 e. The maximum absolute atomic E-state index is 13.3. The molecule has 0 bridgehead atoms. The third-order valence-corrected chi connectivity index (χ3v) is 12.4. The number of hydrogen-bond donors (Lipinski definition) is 4. The zero-order chi connectivity index (χ0) is 45.5. The van der Waals surface area contributed by atoms with E-state index >= 15 is 0 Å². The molecular formula is C37H30LiN6NaO15S4. The van der Waals surface area contributed by atoms with Gasteiger partial charge in [0.2, 0.25) is 0 Å². The summed E-state index contributed by atoms with van der Waals surface area (Å²) < 4.78 is 148. The number of fused-ring (bicyclic) bond motifs is 2. The van der Waals surface area contributed by atoms with Gasteiger partial charge in [0.15, 0.2) is 0 Å². The van der Waals surface area contributed by atoms with Gasteiger partial charge >= 0.3 is 54.4 Å². The maximum Gasteiger partial charge on any atom is 1.00 e. The number of nitrogens with zero attached hydrogens (tertiary/aromatic N) is 4. The molecule has 4 N–H and O–H groups in total. The van der Waals surface area contributed by atoms with Crippen molar-refractivity contribution in [3.05, 3.63) is 96.1 Å². The Kier molecular flexibility index (Phi) is 15.9. The van der Waals surface area contributed by atoms with Crippen LogP contribution in [0.4, 0.5) is 38.9 Å². The third-order valence-electron chi connectivity index (χ3n) is 8.96. The zero-order valence-electron chi connectivity index (χ0n) is 34.2. The molecule has 6 aromatic rings. The summed E-state index contributed by atoms with van der Waals surface area (Å²) in [6.45, 7) is 3.30. The van der Waals surface area contributed by atoms with E-state index in [1.54, 1.807) is 13.8 Å². The molecule has 0 heterocycles. The Balaban J connectivity index is 0.00000449. The van der Waals surface area contributed by atoms with E-state index in [9.17, 15) is 56.7 Å². The van der Waals surface area contributed by atoms with Gasteiger partial charge in [-0.3, -0.25) is 9.11 Å². The second-order valence-electron chi connectivity index (χ2n) is 13.2. The molecule has 0 aliphatic heterocycles. The summed E-state index contributed by atoms with van der Waals surface area (Å²) in [6.07, 6.45) is 0. The van der Waals surface area contributed by atoms with Crippen molar-refractivity contribution in [3.8, 4) is 11.5 Å². The smallest absolute Gasteiger partial charge is 0.744 e. The number of benzene rings is 6. The number of aryl methyl sites for hydroxylation is 2. The van der Waals surface area contributed by atoms with Crippen molar-refractivity contribution in [3.63, 3.8) is 0 Å². The van der Waals surface area contributed by atoms with Gasteiger partial charge in [0.05, 0.1) is 67.9 Å². The predicted octanol–water partition coefficient (Wildman–Crippen LogP) is 1.41. The molecule has 324 valence electrons. The van der Waals surface area contributed by atoms with Crippen LogP contribution in [0.25, 0.3) is 21.5 Å². The molecule has 0 saturated carbocycles. The molecule has 0 aliphatic rings. The van der Waals surface area contributed by atoms with Gasteiger partial charge in [0.1, 0.15) is 31.7 Å². The molecule has 0 unspecified atom stereocenters. The normalized spacial score (nSPS) is 12.2. The Bertz CT molecular complexity index is 3170. The van der Waals surface area contributed by atoms with E-state index in [-0.39, 0.29) is 116 Å². The van der Waals surface area contributed by atoms with Gasteiger partial charge in [-0.25, -0.2) is 21.6 Å². The van der Waals surface area contributed by atoms with Crippen LogP contribution < -0.4 is 68.5 Å². The molecular weight excluding hydrogens is 927 g/mol. The molecule has 27 heteroatoms. The van der Waals surface area contributed by atoms with E-state index in [1.807, 2.05) is 0 Å². The first-order valence-electron chi connectivity index (χ1n) is 17.2. The first kappa shape index (κ1) is 51.8. The molecule has 0 aromatic heterocycles. The number of anilines is 2. The molecule has 21 nitrogen and oxygen atoms in total. The fourth-order valence-corrected chi connectivity index (χ4v) is 8.68. The maximum atomic E-state index is 13.3. The van der Waals surface area contributed by atoms with E-state index in [0.717, 1.165) is 12.1 Å². The van der Waals surface area contributed by atoms with E-state index < -0.39 is 66.1 Å². The number of carbonyl (C=O) groups excluding carboxylic acids is 1. The van der Waals surface area contributed by atoms with Gasteiger partial charge in [0.25, 0.3) is 20.2 Å². The number of rotatable bonds is 12. The SMILES string of the molecule is COc1cc(N=Nc2ccc3cc(S(=O)(=O)O)cc(S(=O)(=O)[O-])c3c2)c(C)cc1NC(=O)Nc1cc(C)c(N=Nc2ccc3cc(S(=O)(=O)O)cc(S(=O)(=O)[O-])c3c2)cc1OC.[Li+].[Na+]. The van der Waals surface area contributed by atoms with Crippen molar-refractivity contribution in [2.24, 2.45) is 20.5 Å². The van der Waals surface area contributed by atoms with Gasteiger partial charge in [-0.1, -0.05) is 12.1 Å². The number of carbonyl (C=O) groups is 1. The first-order chi connectivity index (χ1) is 28.8. The van der Waals surface area contributed by atoms with Crippen LogP contribution in [0, 0.1) is 13.8 Å². The van der Waals surface area contributed by atoms with Crippen LogP contribution >= 0.6 is 0 Å². The second kappa shape index (κ2) is 19.7. The van der Waals surface area contributed by atoms with E-state index in [4.69, 9.17) is 9.47 Å². The molecule has 0 saturated heterocycles. The van der Waals surface area contributed by atoms with Crippen molar-refractivity contribution in [2.75, 3.05) is 24.9 Å². The van der Waals surface area contributed by atoms with E-state index in [2.05, 4.69) is 31.1 Å². The zero-order valence-corrected chi connectivity index (χ0v) is 39.5. The Labute approximate surface area is 399 Å². The number of azo groups is 2. The van der Waals surface area contributed by atoms with Crippen LogP contribution in [0.2, 0.25) is 0 Å². The third kappa shape index (κ3) is 11.9. The second-order valence-corrected chi connectivity index (χ2v) is 18.7. The number of urea groups is 1. The van der Waals surface area contributed by atoms with Gasteiger partial charge in [-0.05, 0) is 96.4 Å². The summed E-state index contributed by atoms with van der Waals surface area (Å²) in [5.41, 5.74) is 2.11.